The van der Waals surface area contributed by atoms with E-state index in [1.165, 1.54) is 6.07 Å². The maximum Gasteiger partial charge on any atom is 0.194 e. The average Bonchev–Trinajstić information content (AvgIpc) is 2.33. The van der Waals surface area contributed by atoms with Gasteiger partial charge >= 0.3 is 0 Å². The van der Waals surface area contributed by atoms with Crippen LogP contribution in [0.2, 0.25) is 0 Å². The summed E-state index contributed by atoms with van der Waals surface area (Å²) in [7, 11) is 0. The van der Waals surface area contributed by atoms with E-state index in [0.29, 0.717) is 6.54 Å². The molecule has 0 spiro atoms. The Kier molecular flexibility index (Phi) is 5.00. The lowest BCUT2D eigenvalue weighted by atomic mass is 9.92. The molecule has 1 nitrogen and oxygen atoms in total. The Hall–Kier alpha value is -1.03. The van der Waals surface area contributed by atoms with E-state index in [-0.39, 0.29) is 17.5 Å². The molecule has 2 unspecified atom stereocenters. The van der Waals surface area contributed by atoms with Gasteiger partial charge in [-0.1, -0.05) is 33.3 Å². The first-order valence-electron chi connectivity index (χ1n) is 5.89. The molecule has 0 saturated heterocycles. The summed E-state index contributed by atoms with van der Waals surface area (Å²) in [5.41, 5.74) is 0.195. The molecule has 0 aliphatic rings. The summed E-state index contributed by atoms with van der Waals surface area (Å²) in [6.45, 7) is 6.47. The van der Waals surface area contributed by atoms with Crippen LogP contribution in [0.15, 0.2) is 12.1 Å². The highest BCUT2D eigenvalue weighted by Gasteiger charge is 2.23. The minimum absolute atomic E-state index is 0.148. The predicted molar refractivity (Wildman–Crippen MR) is 62.2 cm³/mol. The molecule has 1 aromatic carbocycles. The highest BCUT2D eigenvalue weighted by Crippen LogP contribution is 2.28. The molecule has 0 saturated carbocycles. The van der Waals surface area contributed by atoms with Gasteiger partial charge in [0.1, 0.15) is 0 Å². The normalized spacial score (nSPS) is 14.7. The van der Waals surface area contributed by atoms with E-state index in [2.05, 4.69) is 5.32 Å². The number of benzene rings is 1. The molecule has 4 heteroatoms. The van der Waals surface area contributed by atoms with E-state index >= 15 is 0 Å². The summed E-state index contributed by atoms with van der Waals surface area (Å²) in [5, 5.41) is 3.11. The monoisotopic (exact) mass is 245 g/mol. The number of hydrogen-bond acceptors (Lipinski definition) is 1. The van der Waals surface area contributed by atoms with Gasteiger partial charge in [0.15, 0.2) is 17.5 Å². The quantitative estimate of drug-likeness (QED) is 0.778. The van der Waals surface area contributed by atoms with Crippen LogP contribution >= 0.6 is 0 Å². The maximum atomic E-state index is 13.7. The minimum Gasteiger partial charge on any atom is -0.310 e. The SMILES string of the molecule is CCNC(c1ccc(F)c(F)c1F)C(C)CC. The minimum atomic E-state index is -1.39. The maximum absolute atomic E-state index is 13.7. The molecule has 0 aliphatic heterocycles. The molecule has 2 atom stereocenters. The van der Waals surface area contributed by atoms with Gasteiger partial charge in [-0.3, -0.25) is 0 Å². The summed E-state index contributed by atoms with van der Waals surface area (Å²) < 4.78 is 39.7. The molecule has 0 radical (unpaired) electrons. The van der Waals surface area contributed by atoms with E-state index in [1.807, 2.05) is 20.8 Å². The largest absolute Gasteiger partial charge is 0.310 e. The van der Waals surface area contributed by atoms with Crippen molar-refractivity contribution in [1.29, 1.82) is 0 Å². The molecule has 0 heterocycles. The van der Waals surface area contributed by atoms with Crippen molar-refractivity contribution in [2.45, 2.75) is 33.2 Å². The van der Waals surface area contributed by atoms with E-state index in [1.54, 1.807) is 0 Å². The fourth-order valence-corrected chi connectivity index (χ4v) is 1.85. The standard InChI is InChI=1S/C13H18F3N/c1-4-8(3)13(17-5-2)9-6-7-10(14)12(16)11(9)15/h6-8,13,17H,4-5H2,1-3H3. The summed E-state index contributed by atoms with van der Waals surface area (Å²) >= 11 is 0. The Morgan fingerprint density at radius 2 is 1.76 bits per heavy atom. The number of nitrogens with one attached hydrogen (secondary N) is 1. The van der Waals surface area contributed by atoms with Gasteiger partial charge in [0.05, 0.1) is 0 Å². The van der Waals surface area contributed by atoms with Crippen LogP contribution in [0.3, 0.4) is 0 Å². The number of hydrogen-bond donors (Lipinski definition) is 1. The Labute approximate surface area is 100 Å². The topological polar surface area (TPSA) is 12.0 Å². The van der Waals surface area contributed by atoms with Gasteiger partial charge in [-0.2, -0.15) is 0 Å². The van der Waals surface area contributed by atoms with Crippen LogP contribution in [0, 0.1) is 23.4 Å². The predicted octanol–water partition coefficient (Wildman–Crippen LogP) is 3.80. The molecular weight excluding hydrogens is 227 g/mol. The second-order valence-electron chi connectivity index (χ2n) is 4.19. The fourth-order valence-electron chi connectivity index (χ4n) is 1.85. The van der Waals surface area contributed by atoms with Gasteiger partial charge in [-0.15, -0.1) is 0 Å². The van der Waals surface area contributed by atoms with E-state index < -0.39 is 17.5 Å². The molecule has 0 aromatic heterocycles. The van der Waals surface area contributed by atoms with Crippen molar-refractivity contribution in [2.75, 3.05) is 6.54 Å². The van der Waals surface area contributed by atoms with Gasteiger partial charge in [0, 0.05) is 11.6 Å². The number of rotatable bonds is 5. The van der Waals surface area contributed by atoms with Crippen molar-refractivity contribution in [2.24, 2.45) is 5.92 Å². The first-order chi connectivity index (χ1) is 8.02. The smallest absolute Gasteiger partial charge is 0.194 e. The van der Waals surface area contributed by atoms with Gasteiger partial charge in [-0.25, -0.2) is 13.2 Å². The highest BCUT2D eigenvalue weighted by atomic mass is 19.2. The van der Waals surface area contributed by atoms with Crippen LogP contribution < -0.4 is 5.32 Å². The van der Waals surface area contributed by atoms with Crippen molar-refractivity contribution < 1.29 is 13.2 Å². The van der Waals surface area contributed by atoms with Crippen LogP contribution in [-0.2, 0) is 0 Å². The lowest BCUT2D eigenvalue weighted by Crippen LogP contribution is -2.27. The first kappa shape index (κ1) is 14.0. The molecule has 1 aromatic rings. The third-order valence-electron chi connectivity index (χ3n) is 3.04. The Morgan fingerprint density at radius 3 is 2.29 bits per heavy atom. The average molecular weight is 245 g/mol. The molecular formula is C13H18F3N. The highest BCUT2D eigenvalue weighted by molar-refractivity contribution is 5.24. The Bertz CT molecular complexity index is 379. The Morgan fingerprint density at radius 1 is 1.12 bits per heavy atom. The van der Waals surface area contributed by atoms with E-state index in [0.717, 1.165) is 12.5 Å². The second-order valence-corrected chi connectivity index (χ2v) is 4.19. The van der Waals surface area contributed by atoms with Crippen molar-refractivity contribution in [1.82, 2.24) is 5.32 Å². The van der Waals surface area contributed by atoms with Crippen LogP contribution in [0.4, 0.5) is 13.2 Å². The molecule has 96 valence electrons. The van der Waals surface area contributed by atoms with Crippen molar-refractivity contribution in [3.8, 4) is 0 Å². The molecule has 0 amide bonds. The van der Waals surface area contributed by atoms with Crippen LogP contribution in [-0.4, -0.2) is 6.54 Å². The van der Waals surface area contributed by atoms with Crippen LogP contribution in [0.5, 0.6) is 0 Å². The van der Waals surface area contributed by atoms with Gasteiger partial charge in [0.2, 0.25) is 0 Å². The van der Waals surface area contributed by atoms with Crippen molar-refractivity contribution >= 4 is 0 Å². The third kappa shape index (κ3) is 3.00. The zero-order chi connectivity index (χ0) is 13.0. The molecule has 0 aliphatic carbocycles. The lowest BCUT2D eigenvalue weighted by molar-refractivity contribution is 0.359. The summed E-state index contributed by atoms with van der Waals surface area (Å²) in [5.74, 6) is -3.48. The summed E-state index contributed by atoms with van der Waals surface area (Å²) in [6.07, 6.45) is 0.829. The van der Waals surface area contributed by atoms with Gasteiger partial charge in [0.25, 0.3) is 0 Å². The summed E-state index contributed by atoms with van der Waals surface area (Å²) in [4.78, 5) is 0. The molecule has 17 heavy (non-hydrogen) atoms. The fraction of sp³-hybridized carbons (Fsp3) is 0.538. The van der Waals surface area contributed by atoms with Crippen LogP contribution in [0.25, 0.3) is 0 Å². The summed E-state index contributed by atoms with van der Waals surface area (Å²) in [6, 6.07) is 1.99. The zero-order valence-corrected chi connectivity index (χ0v) is 10.4. The first-order valence-corrected chi connectivity index (χ1v) is 5.89. The lowest BCUT2D eigenvalue weighted by Gasteiger charge is -2.24. The van der Waals surface area contributed by atoms with E-state index in [9.17, 15) is 13.2 Å². The number of halogens is 3. The molecule has 1 N–H and O–H groups in total. The van der Waals surface area contributed by atoms with Crippen LogP contribution in [0.1, 0.15) is 38.8 Å². The second kappa shape index (κ2) is 6.05. The van der Waals surface area contributed by atoms with Gasteiger partial charge in [-0.05, 0) is 18.5 Å². The molecule has 1 rings (SSSR count). The zero-order valence-electron chi connectivity index (χ0n) is 10.4. The Balaban J connectivity index is 3.14. The van der Waals surface area contributed by atoms with Crippen molar-refractivity contribution in [3.63, 3.8) is 0 Å². The third-order valence-corrected chi connectivity index (χ3v) is 3.04. The molecule has 0 bridgehead atoms. The molecule has 0 fully saturated rings. The van der Waals surface area contributed by atoms with Crippen molar-refractivity contribution in [3.05, 3.63) is 35.1 Å². The van der Waals surface area contributed by atoms with E-state index in [4.69, 9.17) is 0 Å². The van der Waals surface area contributed by atoms with Gasteiger partial charge < -0.3 is 5.32 Å².